The van der Waals surface area contributed by atoms with Gasteiger partial charge in [0.05, 0.1) is 5.52 Å². The minimum Gasteiger partial charge on any atom is -0.292 e. The molecule has 5 heteroatoms. The molecular weight excluding hydrogens is 262 g/mol. The summed E-state index contributed by atoms with van der Waals surface area (Å²) in [5.74, 6) is -0.402. The second kappa shape index (κ2) is 4.42. The molecule has 0 aliphatic rings. The fourth-order valence-electron chi connectivity index (χ4n) is 1.73. The Bertz CT molecular complexity index is 748. The van der Waals surface area contributed by atoms with Crippen molar-refractivity contribution in [3.63, 3.8) is 0 Å². The van der Waals surface area contributed by atoms with E-state index in [0.717, 1.165) is 17.2 Å². The van der Waals surface area contributed by atoms with Crippen LogP contribution in [0.15, 0.2) is 36.5 Å². The summed E-state index contributed by atoms with van der Waals surface area (Å²) in [4.78, 5) is 16.5. The van der Waals surface area contributed by atoms with Gasteiger partial charge in [-0.05, 0) is 38.1 Å². The van der Waals surface area contributed by atoms with E-state index in [-0.39, 0.29) is 0 Å². The van der Waals surface area contributed by atoms with Crippen molar-refractivity contribution in [2.75, 3.05) is 6.26 Å². The Hall–Kier alpha value is -1.75. The summed E-state index contributed by atoms with van der Waals surface area (Å²) in [6.45, 7) is 2.86. The zero-order valence-electron chi connectivity index (χ0n) is 11.0. The first kappa shape index (κ1) is 13.7. The molecule has 0 saturated carbocycles. The van der Waals surface area contributed by atoms with Gasteiger partial charge in [0, 0.05) is 23.4 Å². The number of ketones is 1. The normalized spacial score (nSPS) is 12.6. The molecule has 0 bridgehead atoms. The largest absolute Gasteiger partial charge is 0.292 e. The van der Waals surface area contributed by atoms with Gasteiger partial charge in [0.15, 0.2) is 15.6 Å². The summed E-state index contributed by atoms with van der Waals surface area (Å²) in [7, 11) is -3.47. The van der Waals surface area contributed by atoms with Crippen LogP contribution >= 0.6 is 0 Å². The van der Waals surface area contributed by atoms with Crippen LogP contribution in [0.1, 0.15) is 24.2 Å². The second-order valence-corrected chi connectivity index (χ2v) is 7.59. The highest BCUT2D eigenvalue weighted by Gasteiger charge is 2.38. The first-order valence-electron chi connectivity index (χ1n) is 5.83. The minimum absolute atomic E-state index is 0.385. The lowest BCUT2D eigenvalue weighted by atomic mass is 9.99. The third-order valence-electron chi connectivity index (χ3n) is 3.34. The number of carbonyl (C=O) groups is 1. The van der Waals surface area contributed by atoms with E-state index in [9.17, 15) is 13.2 Å². The predicted molar refractivity (Wildman–Crippen MR) is 75.0 cm³/mol. The molecule has 0 spiro atoms. The number of hydrogen-bond acceptors (Lipinski definition) is 4. The van der Waals surface area contributed by atoms with E-state index in [1.165, 1.54) is 13.8 Å². The number of nitrogens with zero attached hydrogens (tertiary/aromatic N) is 1. The first-order chi connectivity index (χ1) is 8.73. The Morgan fingerprint density at radius 3 is 2.53 bits per heavy atom. The molecule has 2 aromatic rings. The summed E-state index contributed by atoms with van der Waals surface area (Å²) in [6.07, 6.45) is 2.75. The number of Topliss-reactive ketones (excluding diaryl/α,β-unsaturated/α-hetero) is 1. The van der Waals surface area contributed by atoms with E-state index in [2.05, 4.69) is 4.98 Å². The number of sulfone groups is 1. The lowest BCUT2D eigenvalue weighted by Gasteiger charge is -2.20. The smallest absolute Gasteiger partial charge is 0.183 e. The van der Waals surface area contributed by atoms with Gasteiger partial charge in [-0.25, -0.2) is 8.42 Å². The molecule has 0 unspecified atom stereocenters. The fraction of sp³-hybridized carbons (Fsp3) is 0.286. The standard InChI is InChI=1S/C14H15NO3S/c1-14(2,19(3,17)18)13(16)11-6-7-12-10(9-11)5-4-8-15-12/h4-9H,1-3H3. The average Bonchev–Trinajstić information content (AvgIpc) is 2.36. The van der Waals surface area contributed by atoms with Crippen molar-refractivity contribution in [2.24, 2.45) is 0 Å². The molecule has 19 heavy (non-hydrogen) atoms. The number of aromatic nitrogens is 1. The highest BCUT2D eigenvalue weighted by Crippen LogP contribution is 2.23. The van der Waals surface area contributed by atoms with Crippen molar-refractivity contribution in [1.82, 2.24) is 4.98 Å². The van der Waals surface area contributed by atoms with Gasteiger partial charge in [0.25, 0.3) is 0 Å². The van der Waals surface area contributed by atoms with Crippen LogP contribution in [-0.4, -0.2) is 30.2 Å². The Morgan fingerprint density at radius 1 is 1.21 bits per heavy atom. The highest BCUT2D eigenvalue weighted by molar-refractivity contribution is 7.92. The molecule has 1 aromatic heterocycles. The van der Waals surface area contributed by atoms with Crippen LogP contribution in [0.5, 0.6) is 0 Å². The van der Waals surface area contributed by atoms with Crippen LogP contribution in [0.3, 0.4) is 0 Å². The molecule has 1 heterocycles. The molecule has 4 nitrogen and oxygen atoms in total. The predicted octanol–water partition coefficient (Wildman–Crippen LogP) is 2.24. The Balaban J connectivity index is 2.54. The van der Waals surface area contributed by atoms with Gasteiger partial charge in [-0.15, -0.1) is 0 Å². The Kier molecular flexibility index (Phi) is 3.18. The summed E-state index contributed by atoms with van der Waals surface area (Å²) >= 11 is 0. The van der Waals surface area contributed by atoms with E-state index in [4.69, 9.17) is 0 Å². The lowest BCUT2D eigenvalue weighted by molar-refractivity contribution is 0.0954. The zero-order chi connectivity index (χ0) is 14.3. The number of benzene rings is 1. The maximum atomic E-state index is 12.4. The lowest BCUT2D eigenvalue weighted by Crippen LogP contribution is -2.39. The third kappa shape index (κ3) is 2.38. The molecule has 0 aliphatic carbocycles. The van der Waals surface area contributed by atoms with E-state index in [1.807, 2.05) is 6.07 Å². The first-order valence-corrected chi connectivity index (χ1v) is 7.72. The summed E-state index contributed by atoms with van der Waals surface area (Å²) in [5, 5.41) is 0.817. The van der Waals surface area contributed by atoms with Gasteiger partial charge in [-0.2, -0.15) is 0 Å². The van der Waals surface area contributed by atoms with Crippen LogP contribution in [0.2, 0.25) is 0 Å². The fourth-order valence-corrected chi connectivity index (χ4v) is 2.19. The minimum atomic E-state index is -3.47. The van der Waals surface area contributed by atoms with Crippen molar-refractivity contribution >= 4 is 26.5 Å². The van der Waals surface area contributed by atoms with Gasteiger partial charge in [0.1, 0.15) is 4.75 Å². The van der Waals surface area contributed by atoms with Crippen LogP contribution in [-0.2, 0) is 9.84 Å². The average molecular weight is 277 g/mol. The van der Waals surface area contributed by atoms with Crippen LogP contribution < -0.4 is 0 Å². The maximum absolute atomic E-state index is 12.4. The number of hydrogen-bond donors (Lipinski definition) is 0. The van der Waals surface area contributed by atoms with Crippen LogP contribution in [0.25, 0.3) is 10.9 Å². The molecule has 0 aliphatic heterocycles. The quantitative estimate of drug-likeness (QED) is 0.807. The number of rotatable bonds is 3. The molecule has 0 amide bonds. The SMILES string of the molecule is CC(C)(C(=O)c1ccc2ncccc2c1)S(C)(=O)=O. The maximum Gasteiger partial charge on any atom is 0.183 e. The van der Waals surface area contributed by atoms with Crippen LogP contribution in [0, 0.1) is 0 Å². The third-order valence-corrected chi connectivity index (χ3v) is 5.38. The van der Waals surface area contributed by atoms with Crippen molar-refractivity contribution in [2.45, 2.75) is 18.6 Å². The number of pyridine rings is 1. The van der Waals surface area contributed by atoms with E-state index < -0.39 is 20.4 Å². The van der Waals surface area contributed by atoms with Gasteiger partial charge in [-0.3, -0.25) is 9.78 Å². The molecule has 0 atom stereocenters. The zero-order valence-corrected chi connectivity index (χ0v) is 11.9. The Labute approximate surface area is 112 Å². The molecule has 0 radical (unpaired) electrons. The van der Waals surface area contributed by atoms with E-state index >= 15 is 0 Å². The molecule has 2 rings (SSSR count). The van der Waals surface area contributed by atoms with Gasteiger partial charge in [-0.1, -0.05) is 6.07 Å². The van der Waals surface area contributed by atoms with Gasteiger partial charge in [0.2, 0.25) is 0 Å². The second-order valence-electron chi connectivity index (χ2n) is 5.02. The van der Waals surface area contributed by atoms with Crippen molar-refractivity contribution in [1.29, 1.82) is 0 Å². The monoisotopic (exact) mass is 277 g/mol. The van der Waals surface area contributed by atoms with Gasteiger partial charge < -0.3 is 0 Å². The van der Waals surface area contributed by atoms with Crippen LogP contribution in [0.4, 0.5) is 0 Å². The summed E-state index contributed by atoms with van der Waals surface area (Å²) in [6, 6.07) is 8.63. The number of fused-ring (bicyclic) bond motifs is 1. The molecule has 0 N–H and O–H groups in total. The van der Waals surface area contributed by atoms with Crippen molar-refractivity contribution in [3.8, 4) is 0 Å². The molecule has 100 valence electrons. The summed E-state index contributed by atoms with van der Waals surface area (Å²) in [5.41, 5.74) is 1.16. The Morgan fingerprint density at radius 2 is 1.89 bits per heavy atom. The molecule has 0 fully saturated rings. The molecule has 1 aromatic carbocycles. The van der Waals surface area contributed by atoms with E-state index in [1.54, 1.807) is 30.5 Å². The van der Waals surface area contributed by atoms with Gasteiger partial charge >= 0.3 is 0 Å². The van der Waals surface area contributed by atoms with Crippen molar-refractivity contribution < 1.29 is 13.2 Å². The summed E-state index contributed by atoms with van der Waals surface area (Å²) < 4.78 is 22.0. The number of carbonyl (C=O) groups excluding carboxylic acids is 1. The van der Waals surface area contributed by atoms with Crippen molar-refractivity contribution in [3.05, 3.63) is 42.1 Å². The molecular formula is C14H15NO3S. The van der Waals surface area contributed by atoms with E-state index in [0.29, 0.717) is 5.56 Å². The topological polar surface area (TPSA) is 64.1 Å². The highest BCUT2D eigenvalue weighted by atomic mass is 32.2. The molecule has 0 saturated heterocycles.